The Morgan fingerprint density at radius 1 is 1.19 bits per heavy atom. The number of anilines is 3. The first kappa shape index (κ1) is 16.7. The van der Waals surface area contributed by atoms with Crippen LogP contribution in [0.15, 0.2) is 30.3 Å². The molecule has 0 aliphatic carbocycles. The molecule has 4 nitrogen and oxygen atoms in total. The van der Waals surface area contributed by atoms with Crippen molar-refractivity contribution in [2.24, 2.45) is 0 Å². The standard InChI is InChI=1S/C20H21Cl2N3O/c21-16-2-1-3-17(22)19(16)24-13-8-12-11-26-7-6-25-18-4-5-23-10-15(18)14(9-13)20(12)25/h1-3,8-9,15,18,23-24H,4-7,10-11H2/t15-,18-/m0/s1. The van der Waals surface area contributed by atoms with E-state index in [2.05, 4.69) is 27.7 Å². The number of para-hydroxylation sites is 1. The molecule has 0 saturated carbocycles. The second-order valence-electron chi connectivity index (χ2n) is 7.21. The Kier molecular flexibility index (Phi) is 4.24. The predicted octanol–water partition coefficient (Wildman–Crippen LogP) is 4.53. The number of hydrogen-bond donors (Lipinski definition) is 2. The molecule has 1 fully saturated rings. The van der Waals surface area contributed by atoms with Gasteiger partial charge in [-0.1, -0.05) is 29.3 Å². The molecule has 0 bridgehead atoms. The molecule has 0 unspecified atom stereocenters. The maximum atomic E-state index is 6.35. The van der Waals surface area contributed by atoms with Crippen LogP contribution in [0.1, 0.15) is 23.5 Å². The zero-order valence-electron chi connectivity index (χ0n) is 14.4. The Hall–Kier alpha value is -1.46. The van der Waals surface area contributed by atoms with Crippen LogP contribution in [0.2, 0.25) is 10.0 Å². The van der Waals surface area contributed by atoms with Crippen molar-refractivity contribution < 1.29 is 4.74 Å². The smallest absolute Gasteiger partial charge is 0.0762 e. The summed E-state index contributed by atoms with van der Waals surface area (Å²) in [5.41, 5.74) is 5.82. The average Bonchev–Trinajstić information content (AvgIpc) is 2.81. The van der Waals surface area contributed by atoms with Crippen LogP contribution in [0.4, 0.5) is 17.1 Å². The number of nitrogens with zero attached hydrogens (tertiary/aromatic N) is 1. The van der Waals surface area contributed by atoms with Crippen LogP contribution in [0.5, 0.6) is 0 Å². The minimum absolute atomic E-state index is 0.527. The first-order valence-corrected chi connectivity index (χ1v) is 9.91. The molecule has 26 heavy (non-hydrogen) atoms. The minimum Gasteiger partial charge on any atom is -0.375 e. The topological polar surface area (TPSA) is 36.5 Å². The van der Waals surface area contributed by atoms with Crippen molar-refractivity contribution in [1.29, 1.82) is 0 Å². The maximum absolute atomic E-state index is 6.35. The van der Waals surface area contributed by atoms with Crippen molar-refractivity contribution in [3.8, 4) is 0 Å². The van der Waals surface area contributed by atoms with Crippen molar-refractivity contribution in [2.75, 3.05) is 36.5 Å². The van der Waals surface area contributed by atoms with Gasteiger partial charge in [-0.2, -0.15) is 0 Å². The van der Waals surface area contributed by atoms with Gasteiger partial charge in [0.05, 0.1) is 28.9 Å². The van der Waals surface area contributed by atoms with Gasteiger partial charge in [-0.25, -0.2) is 0 Å². The highest BCUT2D eigenvalue weighted by Gasteiger charge is 2.41. The zero-order valence-corrected chi connectivity index (χ0v) is 15.9. The van der Waals surface area contributed by atoms with E-state index in [4.69, 9.17) is 27.9 Å². The van der Waals surface area contributed by atoms with Crippen LogP contribution in [0.25, 0.3) is 0 Å². The minimum atomic E-state index is 0.527. The molecule has 3 aliphatic rings. The van der Waals surface area contributed by atoms with Crippen molar-refractivity contribution in [3.05, 3.63) is 51.5 Å². The van der Waals surface area contributed by atoms with Crippen molar-refractivity contribution in [2.45, 2.75) is 25.0 Å². The second kappa shape index (κ2) is 6.61. The van der Waals surface area contributed by atoms with Gasteiger partial charge < -0.3 is 20.3 Å². The molecule has 6 heteroatoms. The number of fused-ring (bicyclic) bond motifs is 3. The number of ether oxygens (including phenoxy) is 1. The van der Waals surface area contributed by atoms with Gasteiger partial charge in [0.15, 0.2) is 0 Å². The Balaban J connectivity index is 1.59. The van der Waals surface area contributed by atoms with Crippen molar-refractivity contribution in [3.63, 3.8) is 0 Å². The summed E-state index contributed by atoms with van der Waals surface area (Å²) >= 11 is 12.7. The van der Waals surface area contributed by atoms with E-state index in [1.165, 1.54) is 23.2 Å². The zero-order chi connectivity index (χ0) is 17.7. The second-order valence-corrected chi connectivity index (χ2v) is 8.02. The fourth-order valence-corrected chi connectivity index (χ4v) is 5.11. The third kappa shape index (κ3) is 2.67. The van der Waals surface area contributed by atoms with Gasteiger partial charge in [0.25, 0.3) is 0 Å². The molecule has 3 heterocycles. The number of halogens is 2. The van der Waals surface area contributed by atoms with E-state index < -0.39 is 0 Å². The van der Waals surface area contributed by atoms with Gasteiger partial charge >= 0.3 is 0 Å². The van der Waals surface area contributed by atoms with E-state index >= 15 is 0 Å². The van der Waals surface area contributed by atoms with Crippen LogP contribution in [-0.4, -0.2) is 32.3 Å². The summed E-state index contributed by atoms with van der Waals surface area (Å²) in [6, 6.07) is 10.6. The molecule has 1 saturated heterocycles. The van der Waals surface area contributed by atoms with Crippen molar-refractivity contribution >= 4 is 40.3 Å². The lowest BCUT2D eigenvalue weighted by molar-refractivity contribution is 0.130. The number of benzene rings is 2. The van der Waals surface area contributed by atoms with Gasteiger partial charge in [-0.3, -0.25) is 0 Å². The molecule has 2 aromatic rings. The number of rotatable bonds is 2. The molecule has 3 aliphatic heterocycles. The van der Waals surface area contributed by atoms with E-state index in [0.717, 1.165) is 37.6 Å². The van der Waals surface area contributed by atoms with Gasteiger partial charge in [-0.05, 0) is 42.8 Å². The maximum Gasteiger partial charge on any atom is 0.0762 e. The Morgan fingerprint density at radius 3 is 2.88 bits per heavy atom. The largest absolute Gasteiger partial charge is 0.375 e. The van der Waals surface area contributed by atoms with E-state index in [1.54, 1.807) is 0 Å². The molecular formula is C20H21Cl2N3O. The van der Waals surface area contributed by atoms with Gasteiger partial charge in [0.1, 0.15) is 0 Å². The SMILES string of the molecule is Clc1cccc(Cl)c1Nc1cc2c3c(c1)[C@@H]1CNCC[C@@H]1N3CCOC2. The molecular weight excluding hydrogens is 369 g/mol. The van der Waals surface area contributed by atoms with Gasteiger partial charge in [-0.15, -0.1) is 0 Å². The van der Waals surface area contributed by atoms with Crippen LogP contribution in [0.3, 0.4) is 0 Å². The fraction of sp³-hybridized carbons (Fsp3) is 0.400. The van der Waals surface area contributed by atoms with Gasteiger partial charge in [0, 0.05) is 42.0 Å². The lowest BCUT2D eigenvalue weighted by atomic mass is 9.89. The van der Waals surface area contributed by atoms with E-state index in [0.29, 0.717) is 28.6 Å². The summed E-state index contributed by atoms with van der Waals surface area (Å²) in [5.74, 6) is 0.527. The third-order valence-electron chi connectivity index (χ3n) is 5.72. The molecule has 136 valence electrons. The lowest BCUT2D eigenvalue weighted by Crippen LogP contribution is -2.44. The molecule has 2 N–H and O–H groups in total. The fourth-order valence-electron chi connectivity index (χ4n) is 4.62. The Labute approximate surface area is 163 Å². The quantitative estimate of drug-likeness (QED) is 0.790. The highest BCUT2D eigenvalue weighted by Crippen LogP contribution is 2.48. The summed E-state index contributed by atoms with van der Waals surface area (Å²) in [6.07, 6.45) is 1.18. The van der Waals surface area contributed by atoms with Crippen LogP contribution < -0.4 is 15.5 Å². The Bertz CT molecular complexity index is 837. The van der Waals surface area contributed by atoms with Crippen LogP contribution in [-0.2, 0) is 11.3 Å². The summed E-state index contributed by atoms with van der Waals surface area (Å²) in [7, 11) is 0. The lowest BCUT2D eigenvalue weighted by Gasteiger charge is -2.33. The molecule has 0 spiro atoms. The van der Waals surface area contributed by atoms with Crippen LogP contribution >= 0.6 is 23.2 Å². The van der Waals surface area contributed by atoms with Crippen molar-refractivity contribution in [1.82, 2.24) is 5.32 Å². The first-order valence-electron chi connectivity index (χ1n) is 9.15. The summed E-state index contributed by atoms with van der Waals surface area (Å²) in [6.45, 7) is 4.53. The highest BCUT2D eigenvalue weighted by atomic mass is 35.5. The highest BCUT2D eigenvalue weighted by molar-refractivity contribution is 6.39. The Morgan fingerprint density at radius 2 is 2.04 bits per heavy atom. The summed E-state index contributed by atoms with van der Waals surface area (Å²) < 4.78 is 5.88. The summed E-state index contributed by atoms with van der Waals surface area (Å²) in [4.78, 5) is 2.58. The van der Waals surface area contributed by atoms with Gasteiger partial charge in [0.2, 0.25) is 0 Å². The van der Waals surface area contributed by atoms with Crippen LogP contribution in [0, 0.1) is 0 Å². The molecule has 2 atom stereocenters. The average molecular weight is 390 g/mol. The van der Waals surface area contributed by atoms with E-state index in [-0.39, 0.29) is 0 Å². The molecule has 0 radical (unpaired) electrons. The van der Waals surface area contributed by atoms with E-state index in [1.807, 2.05) is 18.2 Å². The number of hydrogen-bond acceptors (Lipinski definition) is 4. The number of piperidine rings is 1. The molecule has 0 amide bonds. The molecule has 2 aromatic carbocycles. The van der Waals surface area contributed by atoms with E-state index in [9.17, 15) is 0 Å². The molecule has 0 aromatic heterocycles. The summed E-state index contributed by atoms with van der Waals surface area (Å²) in [5, 5.41) is 8.25. The number of nitrogens with one attached hydrogen (secondary N) is 2. The monoisotopic (exact) mass is 389 g/mol. The first-order chi connectivity index (χ1) is 12.7. The molecule has 5 rings (SSSR count). The third-order valence-corrected chi connectivity index (χ3v) is 6.35. The normalized spacial score (nSPS) is 24.0. The predicted molar refractivity (Wildman–Crippen MR) is 107 cm³/mol.